The van der Waals surface area contributed by atoms with Crippen molar-refractivity contribution in [3.8, 4) is 11.3 Å². The first-order valence-electron chi connectivity index (χ1n) is 10.8. The average molecular weight is 464 g/mol. The van der Waals surface area contributed by atoms with Crippen LogP contribution in [0.1, 0.15) is 28.8 Å². The lowest BCUT2D eigenvalue weighted by molar-refractivity contribution is 0.0996. The van der Waals surface area contributed by atoms with E-state index >= 15 is 0 Å². The van der Waals surface area contributed by atoms with Crippen molar-refractivity contribution in [3.05, 3.63) is 71.0 Å². The SMILES string of the molecule is O=C(O)N1CCC(Nc2cc(-c3cccc(N4Cc5cccc(Cl)c5C4=O)c3)ncn2)CC1. The normalized spacial score (nSPS) is 16.1. The summed E-state index contributed by atoms with van der Waals surface area (Å²) < 4.78 is 0. The van der Waals surface area contributed by atoms with E-state index in [2.05, 4.69) is 15.3 Å². The van der Waals surface area contributed by atoms with Gasteiger partial charge in [0, 0.05) is 36.4 Å². The van der Waals surface area contributed by atoms with Crippen LogP contribution in [0.15, 0.2) is 54.9 Å². The Balaban J connectivity index is 1.33. The van der Waals surface area contributed by atoms with Gasteiger partial charge in [0.1, 0.15) is 12.1 Å². The molecule has 2 aliphatic rings. The van der Waals surface area contributed by atoms with E-state index in [1.807, 2.05) is 42.5 Å². The highest BCUT2D eigenvalue weighted by Gasteiger charge is 2.30. The monoisotopic (exact) mass is 463 g/mol. The van der Waals surface area contributed by atoms with Gasteiger partial charge in [-0.2, -0.15) is 0 Å². The molecule has 8 nitrogen and oxygen atoms in total. The predicted octanol–water partition coefficient (Wildman–Crippen LogP) is 4.51. The molecule has 33 heavy (non-hydrogen) atoms. The number of carbonyl (C=O) groups is 2. The fourth-order valence-electron chi connectivity index (χ4n) is 4.38. The number of nitrogens with zero attached hydrogens (tertiary/aromatic N) is 4. The summed E-state index contributed by atoms with van der Waals surface area (Å²) in [5.41, 5.74) is 3.86. The number of halogens is 1. The first kappa shape index (κ1) is 21.2. The number of amides is 2. The highest BCUT2D eigenvalue weighted by molar-refractivity contribution is 6.35. The number of hydrogen-bond donors (Lipinski definition) is 2. The molecule has 0 spiro atoms. The number of carboxylic acid groups (broad SMARTS) is 1. The first-order chi connectivity index (χ1) is 16.0. The zero-order valence-electron chi connectivity index (χ0n) is 17.7. The number of anilines is 2. The van der Waals surface area contributed by atoms with Crippen molar-refractivity contribution in [2.45, 2.75) is 25.4 Å². The van der Waals surface area contributed by atoms with Crippen molar-refractivity contribution < 1.29 is 14.7 Å². The van der Waals surface area contributed by atoms with Gasteiger partial charge in [-0.15, -0.1) is 0 Å². The highest BCUT2D eigenvalue weighted by atomic mass is 35.5. The first-order valence-corrected chi connectivity index (χ1v) is 11.1. The summed E-state index contributed by atoms with van der Waals surface area (Å²) in [6.45, 7) is 1.48. The Morgan fingerprint density at radius 1 is 1.09 bits per heavy atom. The summed E-state index contributed by atoms with van der Waals surface area (Å²) in [7, 11) is 0. The minimum absolute atomic E-state index is 0.106. The zero-order valence-corrected chi connectivity index (χ0v) is 18.5. The number of carbonyl (C=O) groups excluding carboxylic acids is 1. The van der Waals surface area contributed by atoms with Gasteiger partial charge in [0.25, 0.3) is 5.91 Å². The Kier molecular flexibility index (Phi) is 5.60. The third-order valence-corrected chi connectivity index (χ3v) is 6.44. The van der Waals surface area contributed by atoms with E-state index in [-0.39, 0.29) is 11.9 Å². The number of hydrogen-bond acceptors (Lipinski definition) is 5. The van der Waals surface area contributed by atoms with Gasteiger partial charge >= 0.3 is 6.09 Å². The molecule has 1 saturated heterocycles. The molecule has 2 aromatic carbocycles. The van der Waals surface area contributed by atoms with E-state index in [1.54, 1.807) is 11.0 Å². The number of likely N-dealkylation sites (tertiary alicyclic amines) is 1. The molecule has 0 aliphatic carbocycles. The Morgan fingerprint density at radius 3 is 2.64 bits per heavy atom. The van der Waals surface area contributed by atoms with Crippen LogP contribution < -0.4 is 10.2 Å². The second-order valence-electron chi connectivity index (χ2n) is 8.19. The van der Waals surface area contributed by atoms with E-state index in [0.29, 0.717) is 36.0 Å². The molecular formula is C24H22ClN5O3. The third-order valence-electron chi connectivity index (χ3n) is 6.13. The van der Waals surface area contributed by atoms with Crippen molar-refractivity contribution in [1.29, 1.82) is 0 Å². The van der Waals surface area contributed by atoms with Gasteiger partial charge in [-0.1, -0.05) is 35.9 Å². The zero-order chi connectivity index (χ0) is 22.9. The summed E-state index contributed by atoms with van der Waals surface area (Å²) >= 11 is 6.26. The maximum absolute atomic E-state index is 13.0. The molecule has 0 atom stereocenters. The van der Waals surface area contributed by atoms with E-state index in [0.717, 1.165) is 35.3 Å². The molecule has 0 unspecified atom stereocenters. The number of nitrogens with one attached hydrogen (secondary N) is 1. The third kappa shape index (κ3) is 4.21. The van der Waals surface area contributed by atoms with Crippen LogP contribution in [-0.2, 0) is 6.54 Å². The van der Waals surface area contributed by atoms with Crippen LogP contribution in [0, 0.1) is 0 Å². The number of fused-ring (bicyclic) bond motifs is 1. The summed E-state index contributed by atoms with van der Waals surface area (Å²) in [6, 6.07) is 15.2. The molecule has 2 aliphatic heterocycles. The van der Waals surface area contributed by atoms with Crippen molar-refractivity contribution in [3.63, 3.8) is 0 Å². The van der Waals surface area contributed by atoms with E-state index in [4.69, 9.17) is 16.7 Å². The molecule has 9 heteroatoms. The molecule has 3 aromatic rings. The molecule has 0 radical (unpaired) electrons. The Labute approximate surface area is 195 Å². The molecule has 2 N–H and O–H groups in total. The molecule has 0 saturated carbocycles. The molecule has 5 rings (SSSR count). The maximum Gasteiger partial charge on any atom is 0.407 e. The minimum atomic E-state index is -0.875. The minimum Gasteiger partial charge on any atom is -0.465 e. The predicted molar refractivity (Wildman–Crippen MR) is 126 cm³/mol. The lowest BCUT2D eigenvalue weighted by Gasteiger charge is -2.30. The van der Waals surface area contributed by atoms with Gasteiger partial charge in [0.2, 0.25) is 0 Å². The number of piperidine rings is 1. The van der Waals surface area contributed by atoms with E-state index < -0.39 is 6.09 Å². The van der Waals surface area contributed by atoms with Crippen LogP contribution in [0.3, 0.4) is 0 Å². The Bertz CT molecular complexity index is 1230. The highest BCUT2D eigenvalue weighted by Crippen LogP contribution is 2.34. The summed E-state index contributed by atoms with van der Waals surface area (Å²) in [4.78, 5) is 36.0. The number of rotatable bonds is 4. The fraction of sp³-hybridized carbons (Fsp3) is 0.250. The van der Waals surface area contributed by atoms with Gasteiger partial charge in [-0.25, -0.2) is 14.8 Å². The van der Waals surface area contributed by atoms with Crippen LogP contribution in [0.5, 0.6) is 0 Å². The van der Waals surface area contributed by atoms with Crippen LogP contribution in [0.2, 0.25) is 5.02 Å². The lowest BCUT2D eigenvalue weighted by Crippen LogP contribution is -2.41. The van der Waals surface area contributed by atoms with Crippen molar-refractivity contribution in [2.75, 3.05) is 23.3 Å². The molecule has 3 heterocycles. The van der Waals surface area contributed by atoms with Crippen molar-refractivity contribution >= 4 is 35.1 Å². The van der Waals surface area contributed by atoms with Crippen LogP contribution in [0.25, 0.3) is 11.3 Å². The Morgan fingerprint density at radius 2 is 1.88 bits per heavy atom. The summed E-state index contributed by atoms with van der Waals surface area (Å²) in [5.74, 6) is 0.584. The van der Waals surface area contributed by atoms with Crippen LogP contribution >= 0.6 is 11.6 Å². The van der Waals surface area contributed by atoms with E-state index in [1.165, 1.54) is 11.2 Å². The lowest BCUT2D eigenvalue weighted by atomic mass is 10.1. The van der Waals surface area contributed by atoms with Gasteiger partial charge in [0.05, 0.1) is 22.8 Å². The van der Waals surface area contributed by atoms with Crippen LogP contribution in [-0.4, -0.2) is 51.1 Å². The Hall–Kier alpha value is -3.65. The molecule has 2 amide bonds. The topological polar surface area (TPSA) is 98.7 Å². The number of aromatic nitrogens is 2. The second-order valence-corrected chi connectivity index (χ2v) is 8.60. The number of benzene rings is 2. The summed E-state index contributed by atoms with van der Waals surface area (Å²) in [6.07, 6.45) is 2.08. The van der Waals surface area contributed by atoms with Gasteiger partial charge in [-0.05, 0) is 36.6 Å². The standard InChI is InChI=1S/C24H22ClN5O3/c25-19-6-2-4-16-13-30(23(31)22(16)19)18-5-1-3-15(11-18)20-12-21(27-14-26-20)28-17-7-9-29(10-8-17)24(32)33/h1-6,11-12,14,17H,7-10,13H2,(H,32,33)(H,26,27,28). The van der Waals surface area contributed by atoms with Crippen molar-refractivity contribution in [2.24, 2.45) is 0 Å². The quantitative estimate of drug-likeness (QED) is 0.590. The van der Waals surface area contributed by atoms with E-state index in [9.17, 15) is 9.59 Å². The molecule has 0 bridgehead atoms. The van der Waals surface area contributed by atoms with Gasteiger partial charge in [-0.3, -0.25) is 4.79 Å². The molecule has 1 fully saturated rings. The van der Waals surface area contributed by atoms with Gasteiger partial charge in [0.15, 0.2) is 0 Å². The second kappa shape index (κ2) is 8.71. The molecular weight excluding hydrogens is 442 g/mol. The smallest absolute Gasteiger partial charge is 0.407 e. The van der Waals surface area contributed by atoms with Crippen LogP contribution in [0.4, 0.5) is 16.3 Å². The van der Waals surface area contributed by atoms with Crippen molar-refractivity contribution in [1.82, 2.24) is 14.9 Å². The average Bonchev–Trinajstić information content (AvgIpc) is 3.17. The molecule has 1 aromatic heterocycles. The largest absolute Gasteiger partial charge is 0.465 e. The van der Waals surface area contributed by atoms with Gasteiger partial charge < -0.3 is 20.2 Å². The summed E-state index contributed by atoms with van der Waals surface area (Å²) in [5, 5.41) is 13.0. The molecule has 168 valence electrons. The maximum atomic E-state index is 13.0. The fourth-order valence-corrected chi connectivity index (χ4v) is 4.65.